The lowest BCUT2D eigenvalue weighted by molar-refractivity contribution is 0.168. The van der Waals surface area contributed by atoms with Crippen LogP contribution in [-0.2, 0) is 18.2 Å². The molecule has 0 bridgehead atoms. The van der Waals surface area contributed by atoms with E-state index in [0.717, 1.165) is 0 Å². The summed E-state index contributed by atoms with van der Waals surface area (Å²) in [5.41, 5.74) is 0.637. The standard InChI is InChI=1S/C11H18O7P2/c1-4-16-20(15,17-5-2)18-10-7-6-9(3)8-11(10)19(12,13)14/h6-8H,4-5H2,1-3H3,(H2,12,13,14). The van der Waals surface area contributed by atoms with E-state index >= 15 is 0 Å². The molecule has 1 aromatic rings. The van der Waals surface area contributed by atoms with Crippen molar-refractivity contribution in [3.63, 3.8) is 0 Å². The molecular formula is C11H18O7P2. The molecule has 7 nitrogen and oxygen atoms in total. The molecule has 0 radical (unpaired) electrons. The second kappa shape index (κ2) is 6.85. The minimum Gasteiger partial charge on any atom is -0.403 e. The number of benzene rings is 1. The molecule has 0 amide bonds. The highest BCUT2D eigenvalue weighted by atomic mass is 31.2. The molecule has 0 spiro atoms. The SMILES string of the molecule is CCOP(=O)(OCC)Oc1ccc(C)cc1P(=O)(O)O. The summed E-state index contributed by atoms with van der Waals surface area (Å²) in [6.45, 7) is 5.04. The van der Waals surface area contributed by atoms with Gasteiger partial charge in [0.25, 0.3) is 0 Å². The van der Waals surface area contributed by atoms with Crippen molar-refractivity contribution >= 4 is 20.7 Å². The van der Waals surface area contributed by atoms with Crippen LogP contribution in [0.15, 0.2) is 18.2 Å². The van der Waals surface area contributed by atoms with E-state index < -0.39 is 15.4 Å². The fourth-order valence-corrected chi connectivity index (χ4v) is 3.52. The molecule has 0 atom stereocenters. The maximum Gasteiger partial charge on any atom is 0.530 e. The Morgan fingerprint density at radius 2 is 1.65 bits per heavy atom. The lowest BCUT2D eigenvalue weighted by atomic mass is 10.2. The van der Waals surface area contributed by atoms with Crippen LogP contribution in [0.1, 0.15) is 19.4 Å². The van der Waals surface area contributed by atoms with Crippen molar-refractivity contribution in [1.82, 2.24) is 0 Å². The van der Waals surface area contributed by atoms with Gasteiger partial charge < -0.3 is 14.3 Å². The summed E-state index contributed by atoms with van der Waals surface area (Å²) in [7, 11) is -8.46. The first-order chi connectivity index (χ1) is 9.22. The van der Waals surface area contributed by atoms with Crippen molar-refractivity contribution in [2.24, 2.45) is 0 Å². The van der Waals surface area contributed by atoms with Crippen LogP contribution in [0.2, 0.25) is 0 Å². The Labute approximate surface area is 117 Å². The quantitative estimate of drug-likeness (QED) is 0.742. The Kier molecular flexibility index (Phi) is 5.95. The molecule has 1 aromatic carbocycles. The smallest absolute Gasteiger partial charge is 0.403 e. The molecule has 20 heavy (non-hydrogen) atoms. The van der Waals surface area contributed by atoms with Crippen molar-refractivity contribution in [3.05, 3.63) is 23.8 Å². The zero-order chi connectivity index (χ0) is 15.4. The molecule has 9 heteroatoms. The zero-order valence-electron chi connectivity index (χ0n) is 11.5. The van der Waals surface area contributed by atoms with E-state index in [4.69, 9.17) is 13.6 Å². The molecule has 0 unspecified atom stereocenters. The first-order valence-corrected chi connectivity index (χ1v) is 9.04. The van der Waals surface area contributed by atoms with Crippen LogP contribution in [0.25, 0.3) is 0 Å². The third-order valence-electron chi connectivity index (χ3n) is 2.21. The van der Waals surface area contributed by atoms with Crippen molar-refractivity contribution in [1.29, 1.82) is 0 Å². The lowest BCUT2D eigenvalue weighted by Gasteiger charge is -2.19. The molecule has 0 saturated heterocycles. The summed E-state index contributed by atoms with van der Waals surface area (Å²) in [6, 6.07) is 4.18. The minimum atomic E-state index is -4.56. The third kappa shape index (κ3) is 4.70. The van der Waals surface area contributed by atoms with Gasteiger partial charge in [-0.1, -0.05) is 6.07 Å². The van der Waals surface area contributed by atoms with Gasteiger partial charge in [0.1, 0.15) is 11.1 Å². The van der Waals surface area contributed by atoms with Crippen LogP contribution in [0.5, 0.6) is 5.75 Å². The van der Waals surface area contributed by atoms with Gasteiger partial charge in [-0.3, -0.25) is 13.6 Å². The summed E-state index contributed by atoms with van der Waals surface area (Å²) in [6.07, 6.45) is 0. The number of hydrogen-bond donors (Lipinski definition) is 2. The Balaban J connectivity index is 3.20. The van der Waals surface area contributed by atoms with E-state index in [-0.39, 0.29) is 24.3 Å². The summed E-state index contributed by atoms with van der Waals surface area (Å²) >= 11 is 0. The predicted octanol–water partition coefficient (Wildman–Crippen LogP) is 2.36. The number of rotatable bonds is 7. The lowest BCUT2D eigenvalue weighted by Crippen LogP contribution is -2.11. The molecule has 0 aliphatic rings. The third-order valence-corrected chi connectivity index (χ3v) is 4.76. The normalized spacial score (nSPS) is 12.4. The first kappa shape index (κ1) is 17.4. The van der Waals surface area contributed by atoms with Crippen molar-refractivity contribution < 1.29 is 32.5 Å². The fraction of sp³-hybridized carbons (Fsp3) is 0.455. The zero-order valence-corrected chi connectivity index (χ0v) is 13.3. The van der Waals surface area contributed by atoms with Crippen LogP contribution < -0.4 is 9.83 Å². The highest BCUT2D eigenvalue weighted by Gasteiger charge is 2.32. The first-order valence-electron chi connectivity index (χ1n) is 5.97. The highest BCUT2D eigenvalue weighted by Crippen LogP contribution is 2.51. The van der Waals surface area contributed by atoms with Gasteiger partial charge in [0.15, 0.2) is 0 Å². The molecule has 1 rings (SSSR count). The Bertz CT molecular complexity index is 542. The van der Waals surface area contributed by atoms with E-state index in [1.54, 1.807) is 26.8 Å². The maximum atomic E-state index is 12.2. The van der Waals surface area contributed by atoms with Crippen LogP contribution in [0.4, 0.5) is 0 Å². The van der Waals surface area contributed by atoms with Gasteiger partial charge in [0, 0.05) is 0 Å². The Hall–Kier alpha value is -0.680. The molecule has 0 aliphatic carbocycles. The monoisotopic (exact) mass is 324 g/mol. The van der Waals surface area contributed by atoms with Crippen LogP contribution in [-0.4, -0.2) is 23.0 Å². The van der Waals surface area contributed by atoms with Gasteiger partial charge in [-0.15, -0.1) is 0 Å². The van der Waals surface area contributed by atoms with E-state index in [1.165, 1.54) is 12.1 Å². The van der Waals surface area contributed by atoms with Gasteiger partial charge in [-0.25, -0.2) is 4.57 Å². The van der Waals surface area contributed by atoms with Gasteiger partial charge in [0.05, 0.1) is 13.2 Å². The van der Waals surface area contributed by atoms with Gasteiger partial charge in [-0.05, 0) is 38.5 Å². The number of hydrogen-bond acceptors (Lipinski definition) is 5. The van der Waals surface area contributed by atoms with Gasteiger partial charge >= 0.3 is 15.4 Å². The second-order valence-electron chi connectivity index (χ2n) is 3.89. The van der Waals surface area contributed by atoms with E-state index in [0.29, 0.717) is 5.56 Å². The van der Waals surface area contributed by atoms with E-state index in [9.17, 15) is 18.9 Å². The van der Waals surface area contributed by atoms with Crippen molar-refractivity contribution in [2.75, 3.05) is 13.2 Å². The second-order valence-corrected chi connectivity index (χ2v) is 7.05. The van der Waals surface area contributed by atoms with Gasteiger partial charge in [0.2, 0.25) is 0 Å². The number of aryl methyl sites for hydroxylation is 1. The number of phosphoric ester groups is 1. The molecular weight excluding hydrogens is 306 g/mol. The minimum absolute atomic E-state index is 0.0778. The molecule has 0 aromatic heterocycles. The van der Waals surface area contributed by atoms with Gasteiger partial charge in [-0.2, -0.15) is 0 Å². The summed E-state index contributed by atoms with van der Waals surface area (Å²) in [4.78, 5) is 18.6. The average molecular weight is 324 g/mol. The van der Waals surface area contributed by atoms with E-state index in [2.05, 4.69) is 0 Å². The summed E-state index contributed by atoms with van der Waals surface area (Å²) in [5.74, 6) is -0.214. The van der Waals surface area contributed by atoms with Crippen molar-refractivity contribution in [3.8, 4) is 5.75 Å². The Morgan fingerprint density at radius 3 is 2.10 bits per heavy atom. The van der Waals surface area contributed by atoms with Crippen molar-refractivity contribution in [2.45, 2.75) is 20.8 Å². The van der Waals surface area contributed by atoms with Crippen LogP contribution in [0, 0.1) is 6.92 Å². The average Bonchev–Trinajstić information content (AvgIpc) is 2.30. The predicted molar refractivity (Wildman–Crippen MR) is 74.3 cm³/mol. The largest absolute Gasteiger partial charge is 0.530 e. The molecule has 0 aliphatic heterocycles. The summed E-state index contributed by atoms with van der Waals surface area (Å²) in [5, 5.41) is -0.350. The Morgan fingerprint density at radius 1 is 1.10 bits per heavy atom. The number of phosphoric acid groups is 1. The summed E-state index contributed by atoms with van der Waals surface area (Å²) < 4.78 is 38.7. The van der Waals surface area contributed by atoms with Crippen LogP contribution >= 0.6 is 15.4 Å². The topological polar surface area (TPSA) is 102 Å². The fourth-order valence-electron chi connectivity index (χ4n) is 1.46. The highest BCUT2D eigenvalue weighted by molar-refractivity contribution is 7.60. The molecule has 0 saturated carbocycles. The van der Waals surface area contributed by atoms with Crippen LogP contribution in [0.3, 0.4) is 0 Å². The molecule has 0 heterocycles. The maximum absolute atomic E-state index is 12.2. The molecule has 114 valence electrons. The molecule has 0 fully saturated rings. The molecule has 2 N–H and O–H groups in total. The van der Waals surface area contributed by atoms with E-state index in [1.807, 2.05) is 0 Å².